The van der Waals surface area contributed by atoms with Gasteiger partial charge in [0.2, 0.25) is 11.8 Å². The molecule has 0 saturated heterocycles. The molecule has 5 nitrogen and oxygen atoms in total. The molecular weight excluding hydrogens is 314 g/mol. The lowest BCUT2D eigenvalue weighted by molar-refractivity contribution is -0.133. The molecule has 2 rings (SSSR count). The van der Waals surface area contributed by atoms with Crippen molar-refractivity contribution >= 4 is 11.8 Å². The van der Waals surface area contributed by atoms with Crippen molar-refractivity contribution in [3.63, 3.8) is 0 Å². The van der Waals surface area contributed by atoms with Crippen LogP contribution >= 0.6 is 0 Å². The molecule has 0 bridgehead atoms. The maximum absolute atomic E-state index is 12.4. The Hall–Kier alpha value is -2.30. The largest absolute Gasteiger partial charge is 0.341 e. The van der Waals surface area contributed by atoms with E-state index in [1.54, 1.807) is 0 Å². The van der Waals surface area contributed by atoms with Crippen LogP contribution < -0.4 is 4.90 Å². The number of aromatic nitrogens is 1. The van der Waals surface area contributed by atoms with Crippen molar-refractivity contribution in [1.29, 1.82) is 0 Å². The molecule has 0 aliphatic rings. The molecule has 0 N–H and O–H groups in total. The van der Waals surface area contributed by atoms with Crippen molar-refractivity contribution in [2.45, 2.75) is 59.7 Å². The van der Waals surface area contributed by atoms with E-state index >= 15 is 0 Å². The van der Waals surface area contributed by atoms with Crippen LogP contribution in [-0.2, 0) is 11.3 Å². The molecule has 0 atom stereocenters. The molecule has 0 aliphatic heterocycles. The van der Waals surface area contributed by atoms with Gasteiger partial charge >= 0.3 is 0 Å². The Kier molecular flexibility index (Phi) is 6.23. The first kappa shape index (κ1) is 19.0. The highest BCUT2D eigenvalue weighted by atomic mass is 16.5. The lowest BCUT2D eigenvalue weighted by Crippen LogP contribution is -2.36. The minimum atomic E-state index is 0.114. The third-order valence-electron chi connectivity index (χ3n) is 4.48. The van der Waals surface area contributed by atoms with E-state index in [1.807, 2.05) is 63.1 Å². The lowest BCUT2D eigenvalue weighted by atomic mass is 10.1. The molecule has 1 amide bonds. The Balaban J connectivity index is 2.51. The van der Waals surface area contributed by atoms with E-state index in [0.29, 0.717) is 13.0 Å². The maximum Gasteiger partial charge on any atom is 0.232 e. The minimum Gasteiger partial charge on any atom is -0.341 e. The summed E-state index contributed by atoms with van der Waals surface area (Å²) in [5.74, 6) is 0.858. The van der Waals surface area contributed by atoms with Gasteiger partial charge in [-0.15, -0.1) is 0 Å². The first-order chi connectivity index (χ1) is 11.9. The molecule has 1 heterocycles. The summed E-state index contributed by atoms with van der Waals surface area (Å²) in [5, 5.41) is 4.33. The zero-order valence-electron chi connectivity index (χ0n) is 16.1. The zero-order valence-corrected chi connectivity index (χ0v) is 16.1. The fraction of sp³-hybridized carbons (Fsp3) is 0.500. The molecule has 25 heavy (non-hydrogen) atoms. The molecule has 2 aromatic rings. The van der Waals surface area contributed by atoms with Crippen LogP contribution in [0.25, 0.3) is 11.3 Å². The van der Waals surface area contributed by atoms with Gasteiger partial charge < -0.3 is 14.3 Å². The number of carbonyl (C=O) groups excluding carboxylic acids is 1. The SMILES string of the molecule is CCC(=O)N(Cc1c(-c2ccccc2)noc1N(C)C(C)C)C(C)C. The van der Waals surface area contributed by atoms with Crippen LogP contribution in [-0.4, -0.2) is 35.1 Å². The van der Waals surface area contributed by atoms with E-state index < -0.39 is 0 Å². The number of hydrogen-bond donors (Lipinski definition) is 0. The van der Waals surface area contributed by atoms with Gasteiger partial charge in [0.1, 0.15) is 5.69 Å². The molecule has 136 valence electrons. The zero-order chi connectivity index (χ0) is 18.6. The topological polar surface area (TPSA) is 49.6 Å². The van der Waals surface area contributed by atoms with Crippen molar-refractivity contribution < 1.29 is 9.32 Å². The lowest BCUT2D eigenvalue weighted by Gasteiger charge is -2.28. The van der Waals surface area contributed by atoms with Crippen LogP contribution in [0.2, 0.25) is 0 Å². The van der Waals surface area contributed by atoms with Crippen molar-refractivity contribution in [2.75, 3.05) is 11.9 Å². The van der Waals surface area contributed by atoms with Gasteiger partial charge in [-0.2, -0.15) is 0 Å². The minimum absolute atomic E-state index is 0.114. The smallest absolute Gasteiger partial charge is 0.232 e. The number of anilines is 1. The summed E-state index contributed by atoms with van der Waals surface area (Å²) >= 11 is 0. The van der Waals surface area contributed by atoms with Crippen molar-refractivity contribution in [3.05, 3.63) is 35.9 Å². The van der Waals surface area contributed by atoms with Gasteiger partial charge in [-0.25, -0.2) is 0 Å². The van der Waals surface area contributed by atoms with Gasteiger partial charge in [0.05, 0.1) is 12.1 Å². The third-order valence-corrected chi connectivity index (χ3v) is 4.48. The van der Waals surface area contributed by atoms with E-state index in [0.717, 1.165) is 22.7 Å². The molecule has 5 heteroatoms. The van der Waals surface area contributed by atoms with Crippen molar-refractivity contribution in [1.82, 2.24) is 10.1 Å². The number of rotatable bonds is 7. The van der Waals surface area contributed by atoms with Gasteiger partial charge in [-0.3, -0.25) is 4.79 Å². The van der Waals surface area contributed by atoms with E-state index in [9.17, 15) is 4.79 Å². The van der Waals surface area contributed by atoms with Gasteiger partial charge in [-0.05, 0) is 27.7 Å². The molecule has 0 saturated carbocycles. The average molecular weight is 343 g/mol. The van der Waals surface area contributed by atoms with E-state index in [4.69, 9.17) is 4.52 Å². The van der Waals surface area contributed by atoms with Gasteiger partial charge in [-0.1, -0.05) is 42.4 Å². The van der Waals surface area contributed by atoms with E-state index in [-0.39, 0.29) is 18.0 Å². The molecule has 1 aromatic carbocycles. The second kappa shape index (κ2) is 8.19. The third kappa shape index (κ3) is 4.21. The number of nitrogens with zero attached hydrogens (tertiary/aromatic N) is 3. The average Bonchev–Trinajstić information content (AvgIpc) is 3.02. The quantitative estimate of drug-likeness (QED) is 0.751. The predicted octanol–water partition coefficient (Wildman–Crippen LogP) is 4.33. The highest BCUT2D eigenvalue weighted by Gasteiger charge is 2.26. The van der Waals surface area contributed by atoms with E-state index in [1.165, 1.54) is 0 Å². The van der Waals surface area contributed by atoms with Crippen LogP contribution in [0.3, 0.4) is 0 Å². The van der Waals surface area contributed by atoms with Gasteiger partial charge in [0.25, 0.3) is 0 Å². The number of carbonyl (C=O) groups is 1. The van der Waals surface area contributed by atoms with Crippen LogP contribution in [0.1, 0.15) is 46.6 Å². The Morgan fingerprint density at radius 2 is 1.76 bits per heavy atom. The summed E-state index contributed by atoms with van der Waals surface area (Å²) in [6.45, 7) is 10.7. The first-order valence-electron chi connectivity index (χ1n) is 8.93. The Labute approximate surface area is 150 Å². The van der Waals surface area contributed by atoms with Gasteiger partial charge in [0, 0.05) is 31.1 Å². The number of benzene rings is 1. The Morgan fingerprint density at radius 1 is 1.12 bits per heavy atom. The summed E-state index contributed by atoms with van der Waals surface area (Å²) < 4.78 is 5.71. The Bertz CT molecular complexity index is 692. The van der Waals surface area contributed by atoms with Crippen LogP contribution in [0, 0.1) is 0 Å². The fourth-order valence-corrected chi connectivity index (χ4v) is 2.71. The van der Waals surface area contributed by atoms with Crippen LogP contribution in [0.15, 0.2) is 34.9 Å². The Morgan fingerprint density at radius 3 is 2.28 bits per heavy atom. The summed E-state index contributed by atoms with van der Waals surface area (Å²) in [6.07, 6.45) is 0.486. The van der Waals surface area contributed by atoms with Crippen molar-refractivity contribution in [2.24, 2.45) is 0 Å². The summed E-state index contributed by atoms with van der Waals surface area (Å²) in [7, 11) is 1.99. The van der Waals surface area contributed by atoms with Crippen LogP contribution in [0.4, 0.5) is 5.88 Å². The standard InChI is InChI=1S/C20H29N3O2/c1-7-18(24)23(15(4)5)13-17-19(16-11-9-8-10-12-16)21-25-20(17)22(6)14(2)3/h8-12,14-15H,7,13H2,1-6H3. The summed E-state index contributed by atoms with van der Waals surface area (Å²) in [4.78, 5) is 16.3. The molecule has 0 fully saturated rings. The fourth-order valence-electron chi connectivity index (χ4n) is 2.71. The molecule has 0 unspecified atom stereocenters. The monoisotopic (exact) mass is 343 g/mol. The first-order valence-corrected chi connectivity index (χ1v) is 8.93. The highest BCUT2D eigenvalue weighted by Crippen LogP contribution is 2.33. The summed E-state index contributed by atoms with van der Waals surface area (Å²) in [5.41, 5.74) is 2.76. The second-order valence-corrected chi connectivity index (χ2v) is 6.85. The number of amides is 1. The second-order valence-electron chi connectivity index (χ2n) is 6.85. The van der Waals surface area contributed by atoms with Crippen molar-refractivity contribution in [3.8, 4) is 11.3 Å². The van der Waals surface area contributed by atoms with Gasteiger partial charge in [0.15, 0.2) is 0 Å². The highest BCUT2D eigenvalue weighted by molar-refractivity contribution is 5.77. The normalized spacial score (nSPS) is 11.2. The molecule has 0 spiro atoms. The van der Waals surface area contributed by atoms with E-state index in [2.05, 4.69) is 23.9 Å². The summed E-state index contributed by atoms with van der Waals surface area (Å²) in [6, 6.07) is 10.4. The maximum atomic E-state index is 12.4. The molecule has 1 aromatic heterocycles. The molecule has 0 aliphatic carbocycles. The van der Waals surface area contributed by atoms with Crippen LogP contribution in [0.5, 0.6) is 0 Å². The molecule has 0 radical (unpaired) electrons. The number of hydrogen-bond acceptors (Lipinski definition) is 4. The molecular formula is C20H29N3O2. The predicted molar refractivity (Wildman–Crippen MR) is 101 cm³/mol.